The molecule has 1 saturated heterocycles. The van der Waals surface area contributed by atoms with Gasteiger partial charge in [-0.25, -0.2) is 0 Å². The molecule has 0 spiro atoms. The van der Waals surface area contributed by atoms with Crippen molar-refractivity contribution in [3.05, 3.63) is 84.4 Å². The van der Waals surface area contributed by atoms with Crippen molar-refractivity contribution < 1.29 is 19.3 Å². The Morgan fingerprint density at radius 3 is 2.16 bits per heavy atom. The smallest absolute Gasteiger partial charge is 0.281 e. The number of rotatable bonds is 8. The van der Waals surface area contributed by atoms with Crippen molar-refractivity contribution in [3.63, 3.8) is 0 Å². The third kappa shape index (κ3) is 4.77. The number of ether oxygens (including phenoxy) is 3. The van der Waals surface area contributed by atoms with Crippen LogP contribution in [0.1, 0.15) is 24.0 Å². The van der Waals surface area contributed by atoms with Crippen molar-refractivity contribution in [2.24, 2.45) is 0 Å². The summed E-state index contributed by atoms with van der Waals surface area (Å²) in [6.45, 7) is 4.95. The number of hydrogen-bond acceptors (Lipinski definition) is 4. The topological polar surface area (TPSA) is 47.9 Å². The predicted molar refractivity (Wildman–Crippen MR) is 95.5 cm³/mol. The molecule has 132 valence electrons. The standard InChI is InChI=1S/C21H24O4/c1-2-20(17-23-15-18-9-5-3-6-10-18)13-14-21(22,25-20)24-16-19-11-7-4-8-12-19/h2-12,22H,1,13-17H2. The van der Waals surface area contributed by atoms with E-state index in [2.05, 4.69) is 6.58 Å². The molecule has 0 bridgehead atoms. The Morgan fingerprint density at radius 2 is 1.56 bits per heavy atom. The van der Waals surface area contributed by atoms with Gasteiger partial charge in [-0.3, -0.25) is 0 Å². The first-order valence-corrected chi connectivity index (χ1v) is 8.49. The van der Waals surface area contributed by atoms with Gasteiger partial charge in [0.05, 0.1) is 19.8 Å². The van der Waals surface area contributed by atoms with E-state index in [1.165, 1.54) is 0 Å². The van der Waals surface area contributed by atoms with Gasteiger partial charge in [-0.1, -0.05) is 66.7 Å². The number of aliphatic hydroxyl groups is 1. The summed E-state index contributed by atoms with van der Waals surface area (Å²) in [6, 6.07) is 19.6. The Balaban J connectivity index is 1.53. The number of hydrogen-bond donors (Lipinski definition) is 1. The van der Waals surface area contributed by atoms with Crippen LogP contribution < -0.4 is 0 Å². The lowest BCUT2D eigenvalue weighted by molar-refractivity contribution is -0.366. The predicted octanol–water partition coefficient (Wildman–Crippen LogP) is 3.80. The molecule has 2 unspecified atom stereocenters. The minimum atomic E-state index is -1.61. The Bertz CT molecular complexity index is 673. The summed E-state index contributed by atoms with van der Waals surface area (Å²) in [7, 11) is 0. The maximum Gasteiger partial charge on any atom is 0.281 e. The Morgan fingerprint density at radius 1 is 0.960 bits per heavy atom. The summed E-state index contributed by atoms with van der Waals surface area (Å²) in [6.07, 6.45) is 2.67. The van der Waals surface area contributed by atoms with E-state index in [9.17, 15) is 5.11 Å². The van der Waals surface area contributed by atoms with Crippen molar-refractivity contribution in [1.29, 1.82) is 0 Å². The van der Waals surface area contributed by atoms with E-state index in [4.69, 9.17) is 14.2 Å². The maximum atomic E-state index is 10.6. The SMILES string of the molecule is C=CC1(COCc2ccccc2)CCC(O)(OCc2ccccc2)O1. The third-order valence-electron chi connectivity index (χ3n) is 4.36. The summed E-state index contributed by atoms with van der Waals surface area (Å²) in [5.74, 6) is -1.61. The van der Waals surface area contributed by atoms with Crippen molar-refractivity contribution >= 4 is 0 Å². The van der Waals surface area contributed by atoms with Crippen LogP contribution in [0.5, 0.6) is 0 Å². The molecule has 1 aliphatic heterocycles. The van der Waals surface area contributed by atoms with Crippen LogP contribution in [0.4, 0.5) is 0 Å². The first-order chi connectivity index (χ1) is 12.1. The molecule has 1 aliphatic rings. The Labute approximate surface area is 148 Å². The van der Waals surface area contributed by atoms with Gasteiger partial charge in [0, 0.05) is 6.42 Å². The minimum Gasteiger partial charge on any atom is -0.373 e. The largest absolute Gasteiger partial charge is 0.373 e. The third-order valence-corrected chi connectivity index (χ3v) is 4.36. The molecule has 1 heterocycles. The quantitative estimate of drug-likeness (QED) is 0.586. The lowest BCUT2D eigenvalue weighted by atomic mass is 10.0. The molecule has 2 aromatic carbocycles. The second kappa shape index (κ2) is 7.93. The fraction of sp³-hybridized carbons (Fsp3) is 0.333. The highest BCUT2D eigenvalue weighted by Crippen LogP contribution is 2.38. The van der Waals surface area contributed by atoms with Gasteiger partial charge in [0.25, 0.3) is 5.97 Å². The van der Waals surface area contributed by atoms with E-state index < -0.39 is 11.6 Å². The maximum absolute atomic E-state index is 10.6. The van der Waals surface area contributed by atoms with Gasteiger partial charge in [0.2, 0.25) is 0 Å². The molecule has 2 atom stereocenters. The average Bonchev–Trinajstić information content (AvgIpc) is 3.00. The van der Waals surface area contributed by atoms with Crippen LogP contribution in [0.3, 0.4) is 0 Å². The zero-order valence-electron chi connectivity index (χ0n) is 14.3. The van der Waals surface area contributed by atoms with Crippen LogP contribution in [0.25, 0.3) is 0 Å². The van der Waals surface area contributed by atoms with E-state index >= 15 is 0 Å². The summed E-state index contributed by atoms with van der Waals surface area (Å²) < 4.78 is 17.3. The normalized spacial score (nSPS) is 25.8. The lowest BCUT2D eigenvalue weighted by Gasteiger charge is -2.29. The fourth-order valence-electron chi connectivity index (χ4n) is 2.88. The van der Waals surface area contributed by atoms with E-state index in [0.717, 1.165) is 11.1 Å². The van der Waals surface area contributed by atoms with Gasteiger partial charge < -0.3 is 19.3 Å². The molecule has 1 N–H and O–H groups in total. The molecule has 4 heteroatoms. The molecular weight excluding hydrogens is 316 g/mol. The van der Waals surface area contributed by atoms with Gasteiger partial charge in [-0.2, -0.15) is 0 Å². The van der Waals surface area contributed by atoms with Gasteiger partial charge in [0.15, 0.2) is 0 Å². The molecule has 0 aliphatic carbocycles. The van der Waals surface area contributed by atoms with Crippen LogP contribution >= 0.6 is 0 Å². The molecule has 0 radical (unpaired) electrons. The first kappa shape index (κ1) is 17.8. The molecule has 0 aromatic heterocycles. The second-order valence-corrected chi connectivity index (χ2v) is 6.34. The monoisotopic (exact) mass is 340 g/mol. The van der Waals surface area contributed by atoms with Gasteiger partial charge >= 0.3 is 0 Å². The fourth-order valence-corrected chi connectivity index (χ4v) is 2.88. The zero-order valence-corrected chi connectivity index (χ0v) is 14.3. The van der Waals surface area contributed by atoms with Gasteiger partial charge in [0.1, 0.15) is 5.60 Å². The summed E-state index contributed by atoms with van der Waals surface area (Å²) in [5, 5.41) is 10.6. The van der Waals surface area contributed by atoms with Crippen molar-refractivity contribution in [3.8, 4) is 0 Å². The molecule has 0 saturated carbocycles. The zero-order chi connectivity index (χ0) is 17.6. The van der Waals surface area contributed by atoms with Crippen LogP contribution in [0.15, 0.2) is 73.3 Å². The van der Waals surface area contributed by atoms with Crippen molar-refractivity contribution in [2.75, 3.05) is 6.61 Å². The second-order valence-electron chi connectivity index (χ2n) is 6.34. The average molecular weight is 340 g/mol. The highest BCUT2D eigenvalue weighted by atomic mass is 16.8. The van der Waals surface area contributed by atoms with Crippen LogP contribution in [-0.4, -0.2) is 23.3 Å². The van der Waals surface area contributed by atoms with E-state index in [1.54, 1.807) is 6.08 Å². The summed E-state index contributed by atoms with van der Waals surface area (Å²) >= 11 is 0. The number of benzene rings is 2. The molecule has 3 rings (SSSR count). The summed E-state index contributed by atoms with van der Waals surface area (Å²) in [5.41, 5.74) is 1.34. The van der Waals surface area contributed by atoms with Crippen LogP contribution in [0, 0.1) is 0 Å². The van der Waals surface area contributed by atoms with E-state index in [0.29, 0.717) is 26.1 Å². The van der Waals surface area contributed by atoms with Gasteiger partial charge in [-0.05, 0) is 17.5 Å². The Kier molecular flexibility index (Phi) is 5.66. The lowest BCUT2D eigenvalue weighted by Crippen LogP contribution is -2.39. The molecular formula is C21H24O4. The van der Waals surface area contributed by atoms with Gasteiger partial charge in [-0.15, -0.1) is 6.58 Å². The van der Waals surface area contributed by atoms with Crippen molar-refractivity contribution in [2.45, 2.75) is 37.6 Å². The molecule has 25 heavy (non-hydrogen) atoms. The minimum absolute atomic E-state index is 0.287. The summed E-state index contributed by atoms with van der Waals surface area (Å²) in [4.78, 5) is 0. The van der Waals surface area contributed by atoms with Crippen LogP contribution in [-0.2, 0) is 27.4 Å². The van der Waals surface area contributed by atoms with E-state index in [-0.39, 0.29) is 6.61 Å². The highest BCUT2D eigenvalue weighted by molar-refractivity contribution is 5.14. The molecule has 0 amide bonds. The molecule has 1 fully saturated rings. The first-order valence-electron chi connectivity index (χ1n) is 8.49. The van der Waals surface area contributed by atoms with Crippen molar-refractivity contribution in [1.82, 2.24) is 0 Å². The van der Waals surface area contributed by atoms with Crippen LogP contribution in [0.2, 0.25) is 0 Å². The van der Waals surface area contributed by atoms with E-state index in [1.807, 2.05) is 60.7 Å². The Hall–Kier alpha value is -1.98. The molecule has 4 nitrogen and oxygen atoms in total. The molecule has 2 aromatic rings. The highest BCUT2D eigenvalue weighted by Gasteiger charge is 2.48.